The van der Waals surface area contributed by atoms with E-state index in [0.717, 1.165) is 11.4 Å². The van der Waals surface area contributed by atoms with Gasteiger partial charge in [0.2, 0.25) is 0 Å². The highest BCUT2D eigenvalue weighted by atomic mass is 15.1. The van der Waals surface area contributed by atoms with Gasteiger partial charge in [0.1, 0.15) is 0 Å². The Bertz CT molecular complexity index is 3440. The number of benzene rings is 11. The van der Waals surface area contributed by atoms with Crippen LogP contribution in [-0.4, -0.2) is 0 Å². The van der Waals surface area contributed by atoms with Crippen molar-refractivity contribution < 1.29 is 0 Å². The van der Waals surface area contributed by atoms with Gasteiger partial charge in [0.25, 0.3) is 0 Å². The molecule has 0 bridgehead atoms. The van der Waals surface area contributed by atoms with Gasteiger partial charge in [-0.1, -0.05) is 208 Å². The Hall–Kier alpha value is -7.94. The minimum atomic E-state index is 0.643. The van der Waals surface area contributed by atoms with E-state index in [4.69, 9.17) is 0 Å². The molecule has 0 radical (unpaired) electrons. The smallest absolute Gasteiger partial charge is 0.0540 e. The van der Waals surface area contributed by atoms with Crippen LogP contribution < -0.4 is 9.80 Å². The van der Waals surface area contributed by atoms with Gasteiger partial charge in [0.05, 0.1) is 11.4 Å². The van der Waals surface area contributed by atoms with Crippen LogP contribution in [0.15, 0.2) is 231 Å². The molecule has 2 nitrogen and oxygen atoms in total. The van der Waals surface area contributed by atoms with Crippen molar-refractivity contribution in [1.82, 2.24) is 0 Å². The van der Waals surface area contributed by atoms with Crippen molar-refractivity contribution >= 4 is 77.2 Å². The first kappa shape index (κ1) is 44.0. The second kappa shape index (κ2) is 19.3. The lowest BCUT2D eigenvalue weighted by Gasteiger charge is -2.30. The zero-order chi connectivity index (χ0) is 47.8. The average molecular weight is 929 g/mol. The highest BCUT2D eigenvalue weighted by molar-refractivity contribution is 6.23. The fourth-order valence-corrected chi connectivity index (χ4v) is 12.6. The third kappa shape index (κ3) is 8.19. The standard InChI is InChI=1S/C70H60N2/c1-5-19-49(20-6-1)51-35-39-57(40-36-51)71(67-33-17-29-53-23-13-15-31-61(53)67)59-43-45-63-65(47-59)69(55-25-9-3-10-26-55)64-46-44-60(48-66(64)70(63)56-27-11-4-12-28-56)72(68-34-18-30-54-24-14-16-32-62(54)68)58-41-37-52(38-42-58)50-21-7-2-8-22-50/h3-4,9-18,23-50H,1-2,5-8,19-22H2. The summed E-state index contributed by atoms with van der Waals surface area (Å²) < 4.78 is 0. The highest BCUT2D eigenvalue weighted by Gasteiger charge is 2.25. The summed E-state index contributed by atoms with van der Waals surface area (Å²) in [4.78, 5) is 5.00. The molecule has 2 aliphatic rings. The lowest BCUT2D eigenvalue weighted by atomic mass is 9.84. The SMILES string of the molecule is c1ccc(-c2c3ccc(N(c4ccc(C5CCCCC5)cc4)c4cccc5ccccc45)cc3c(-c3ccccc3)c3ccc(N(c4ccc(C5CCCCC5)cc4)c4cccc5ccccc45)cc23)cc1. The van der Waals surface area contributed by atoms with Gasteiger partial charge in [-0.05, 0) is 164 Å². The zero-order valence-electron chi connectivity index (χ0n) is 41.1. The molecule has 350 valence electrons. The van der Waals surface area contributed by atoms with Crippen molar-refractivity contribution in [2.24, 2.45) is 0 Å². The molecule has 2 fully saturated rings. The molecule has 0 aromatic heterocycles. The summed E-state index contributed by atoms with van der Waals surface area (Å²) in [7, 11) is 0. The third-order valence-corrected chi connectivity index (χ3v) is 16.2. The molecule has 2 aliphatic carbocycles. The molecule has 0 saturated heterocycles. The van der Waals surface area contributed by atoms with Crippen LogP contribution in [0.3, 0.4) is 0 Å². The van der Waals surface area contributed by atoms with Gasteiger partial charge in [-0.15, -0.1) is 0 Å². The number of rotatable bonds is 10. The van der Waals surface area contributed by atoms with E-state index in [9.17, 15) is 0 Å². The number of hydrogen-bond acceptors (Lipinski definition) is 2. The van der Waals surface area contributed by atoms with E-state index in [-0.39, 0.29) is 0 Å². The van der Waals surface area contributed by atoms with Crippen molar-refractivity contribution in [2.75, 3.05) is 9.80 Å². The van der Waals surface area contributed by atoms with Crippen molar-refractivity contribution in [3.63, 3.8) is 0 Å². The zero-order valence-corrected chi connectivity index (χ0v) is 41.1. The Morgan fingerprint density at radius 2 is 0.625 bits per heavy atom. The summed E-state index contributed by atoms with van der Waals surface area (Å²) in [6.45, 7) is 0. The van der Waals surface area contributed by atoms with Gasteiger partial charge in [-0.2, -0.15) is 0 Å². The Kier molecular flexibility index (Phi) is 11.8. The molecule has 0 atom stereocenters. The van der Waals surface area contributed by atoms with Gasteiger partial charge in [-0.3, -0.25) is 0 Å². The maximum atomic E-state index is 2.50. The van der Waals surface area contributed by atoms with Crippen molar-refractivity contribution in [1.29, 1.82) is 0 Å². The summed E-state index contributed by atoms with van der Waals surface area (Å²) in [6, 6.07) is 86.9. The Morgan fingerprint density at radius 3 is 1.04 bits per heavy atom. The summed E-state index contributed by atoms with van der Waals surface area (Å²) in [5, 5.41) is 9.84. The van der Waals surface area contributed by atoms with E-state index in [1.54, 1.807) is 0 Å². The first-order valence-electron chi connectivity index (χ1n) is 26.6. The van der Waals surface area contributed by atoms with Crippen LogP contribution in [0.1, 0.15) is 87.2 Å². The van der Waals surface area contributed by atoms with E-state index >= 15 is 0 Å². The molecule has 11 aromatic carbocycles. The quantitative estimate of drug-likeness (QED) is 0.126. The summed E-state index contributed by atoms with van der Waals surface area (Å²) in [5.41, 5.74) is 14.8. The minimum Gasteiger partial charge on any atom is -0.310 e. The van der Waals surface area contributed by atoms with Crippen molar-refractivity contribution in [3.05, 3.63) is 242 Å². The third-order valence-electron chi connectivity index (χ3n) is 16.2. The molecule has 13 rings (SSSR count). The fourth-order valence-electron chi connectivity index (χ4n) is 12.6. The number of hydrogen-bond donors (Lipinski definition) is 0. The Labute approximate surface area is 424 Å². The largest absolute Gasteiger partial charge is 0.310 e. The summed E-state index contributed by atoms with van der Waals surface area (Å²) in [6.07, 6.45) is 13.2. The molecule has 0 N–H and O–H groups in total. The fraction of sp³-hybridized carbons (Fsp3) is 0.171. The van der Waals surface area contributed by atoms with E-state index in [2.05, 4.69) is 240 Å². The Balaban J connectivity index is 1.05. The lowest BCUT2D eigenvalue weighted by Crippen LogP contribution is -2.12. The minimum absolute atomic E-state index is 0.643. The predicted molar refractivity (Wildman–Crippen MR) is 308 cm³/mol. The molecule has 2 saturated carbocycles. The monoisotopic (exact) mass is 928 g/mol. The second-order valence-corrected chi connectivity index (χ2v) is 20.5. The van der Waals surface area contributed by atoms with E-state index in [0.29, 0.717) is 11.8 Å². The number of fused-ring (bicyclic) bond motifs is 4. The van der Waals surface area contributed by atoms with E-state index in [1.807, 2.05) is 0 Å². The number of nitrogens with zero attached hydrogens (tertiary/aromatic N) is 2. The second-order valence-electron chi connectivity index (χ2n) is 20.5. The molecule has 0 spiro atoms. The molecular weight excluding hydrogens is 869 g/mol. The molecule has 11 aromatic rings. The first-order chi connectivity index (χ1) is 35.7. The van der Waals surface area contributed by atoms with Gasteiger partial charge in [-0.25, -0.2) is 0 Å². The molecule has 2 heteroatoms. The molecular formula is C70H60N2. The molecule has 0 heterocycles. The molecule has 0 amide bonds. The van der Waals surface area contributed by atoms with Crippen LogP contribution in [0.5, 0.6) is 0 Å². The van der Waals surface area contributed by atoms with Crippen LogP contribution in [0, 0.1) is 0 Å². The summed E-state index contributed by atoms with van der Waals surface area (Å²) in [5.74, 6) is 1.29. The van der Waals surface area contributed by atoms with Gasteiger partial charge >= 0.3 is 0 Å². The van der Waals surface area contributed by atoms with Gasteiger partial charge in [0, 0.05) is 33.5 Å². The van der Waals surface area contributed by atoms with E-state index < -0.39 is 0 Å². The predicted octanol–water partition coefficient (Wildman–Crippen LogP) is 20.7. The topological polar surface area (TPSA) is 6.48 Å². The van der Waals surface area contributed by atoms with E-state index in [1.165, 1.54) is 163 Å². The van der Waals surface area contributed by atoms with Crippen LogP contribution in [0.2, 0.25) is 0 Å². The van der Waals surface area contributed by atoms with Gasteiger partial charge in [0.15, 0.2) is 0 Å². The molecule has 0 unspecified atom stereocenters. The van der Waals surface area contributed by atoms with Crippen LogP contribution in [-0.2, 0) is 0 Å². The maximum Gasteiger partial charge on any atom is 0.0540 e. The lowest BCUT2D eigenvalue weighted by molar-refractivity contribution is 0.443. The normalized spacial score (nSPS) is 14.6. The van der Waals surface area contributed by atoms with Crippen LogP contribution >= 0.6 is 0 Å². The van der Waals surface area contributed by atoms with Crippen LogP contribution in [0.25, 0.3) is 65.3 Å². The maximum absolute atomic E-state index is 2.50. The van der Waals surface area contributed by atoms with Crippen LogP contribution in [0.4, 0.5) is 34.1 Å². The van der Waals surface area contributed by atoms with Crippen molar-refractivity contribution in [2.45, 2.75) is 76.0 Å². The Morgan fingerprint density at radius 1 is 0.264 bits per heavy atom. The van der Waals surface area contributed by atoms with Gasteiger partial charge < -0.3 is 9.80 Å². The highest BCUT2D eigenvalue weighted by Crippen LogP contribution is 2.50. The summed E-state index contributed by atoms with van der Waals surface area (Å²) >= 11 is 0. The first-order valence-corrected chi connectivity index (χ1v) is 26.6. The average Bonchev–Trinajstić information content (AvgIpc) is 3.46. The molecule has 72 heavy (non-hydrogen) atoms. The molecule has 0 aliphatic heterocycles. The van der Waals surface area contributed by atoms with Crippen molar-refractivity contribution in [3.8, 4) is 22.3 Å². The number of anilines is 6.